The summed E-state index contributed by atoms with van der Waals surface area (Å²) in [6.45, 7) is 6.53. The Morgan fingerprint density at radius 1 is 1.07 bits per heavy atom. The van der Waals surface area contributed by atoms with Crippen molar-refractivity contribution in [1.29, 1.82) is 0 Å². The molecular weight excluding hydrogens is 510 g/mol. The number of piperidine rings is 1. The third-order valence-electron chi connectivity index (χ3n) is 7.75. The molecule has 0 saturated carbocycles. The fourth-order valence-corrected chi connectivity index (χ4v) is 5.76. The first-order valence-corrected chi connectivity index (χ1v) is 13.9. The van der Waals surface area contributed by atoms with Crippen molar-refractivity contribution in [3.8, 4) is 0 Å². The van der Waals surface area contributed by atoms with E-state index < -0.39 is 34.8 Å². The highest BCUT2D eigenvalue weighted by Gasteiger charge is 2.43. The van der Waals surface area contributed by atoms with Gasteiger partial charge in [-0.25, -0.2) is 4.79 Å². The quantitative estimate of drug-likeness (QED) is 0.211. The Bertz CT molecular complexity index is 1280. The molecule has 2 aromatic carbocycles. The molecule has 0 bridgehead atoms. The van der Waals surface area contributed by atoms with Gasteiger partial charge < -0.3 is 14.4 Å². The number of likely N-dealkylation sites (tertiary alicyclic amines) is 1. The molecular formula is C31H37N3O6. The maximum absolute atomic E-state index is 14.0. The van der Waals surface area contributed by atoms with Crippen LogP contribution in [0.4, 0.5) is 5.69 Å². The fourth-order valence-electron chi connectivity index (χ4n) is 5.76. The van der Waals surface area contributed by atoms with Crippen molar-refractivity contribution in [2.24, 2.45) is 10.9 Å². The normalized spacial score (nSPS) is 20.4. The number of hydrogen-bond donors (Lipinski definition) is 0. The predicted molar refractivity (Wildman–Crippen MR) is 152 cm³/mol. The predicted octanol–water partition coefficient (Wildman–Crippen LogP) is 5.77. The Hall–Kier alpha value is -3.85. The van der Waals surface area contributed by atoms with Crippen molar-refractivity contribution in [3.63, 3.8) is 0 Å². The van der Waals surface area contributed by atoms with Crippen LogP contribution in [0.15, 0.2) is 70.9 Å². The standard InChI is InChI=1S/C31H37N3O6/c1-21-27(30(35)39-3)29(24-14-10-15-25(20-24)34(37)38)28(22(2)32-21)31(36)40-26(23-12-6-4-7-13-23)16-11-19-33-17-8-5-9-18-33/h4,6-7,10,12-15,20,26-27,29H,5,8-9,11,16-19H2,1-3H3. The molecule has 2 heterocycles. The Labute approximate surface area is 235 Å². The molecule has 2 aromatic rings. The number of aliphatic imine (C=N–C) groups is 1. The van der Waals surface area contributed by atoms with E-state index in [1.165, 1.54) is 38.5 Å². The van der Waals surface area contributed by atoms with Crippen LogP contribution >= 0.6 is 0 Å². The number of benzene rings is 2. The summed E-state index contributed by atoms with van der Waals surface area (Å²) in [6, 6.07) is 15.6. The van der Waals surface area contributed by atoms with Gasteiger partial charge in [0.1, 0.15) is 12.0 Å². The minimum atomic E-state index is -0.924. The first kappa shape index (κ1) is 29.1. The number of rotatable bonds is 10. The van der Waals surface area contributed by atoms with Crippen LogP contribution in [0.2, 0.25) is 0 Å². The lowest BCUT2D eigenvalue weighted by Gasteiger charge is -2.32. The molecule has 0 aliphatic carbocycles. The van der Waals surface area contributed by atoms with Gasteiger partial charge in [0.25, 0.3) is 5.69 Å². The third kappa shape index (κ3) is 6.83. The van der Waals surface area contributed by atoms with Crippen LogP contribution in [0.25, 0.3) is 0 Å². The van der Waals surface area contributed by atoms with Crippen molar-refractivity contribution in [2.75, 3.05) is 26.7 Å². The van der Waals surface area contributed by atoms with Gasteiger partial charge in [-0.3, -0.25) is 19.9 Å². The number of allylic oxidation sites excluding steroid dienone is 1. The van der Waals surface area contributed by atoms with Gasteiger partial charge in [-0.1, -0.05) is 48.9 Å². The van der Waals surface area contributed by atoms with E-state index in [4.69, 9.17) is 9.47 Å². The Morgan fingerprint density at radius 3 is 2.48 bits per heavy atom. The molecule has 0 spiro atoms. The number of nitrogens with zero attached hydrogens (tertiary/aromatic N) is 3. The lowest BCUT2D eigenvalue weighted by molar-refractivity contribution is -0.384. The summed E-state index contributed by atoms with van der Waals surface area (Å²) in [4.78, 5) is 45.0. The van der Waals surface area contributed by atoms with E-state index in [2.05, 4.69) is 9.89 Å². The molecule has 9 nitrogen and oxygen atoms in total. The summed E-state index contributed by atoms with van der Waals surface area (Å²) in [6.07, 6.45) is 4.71. The molecule has 9 heteroatoms. The lowest BCUT2D eigenvalue weighted by atomic mass is 9.75. The van der Waals surface area contributed by atoms with E-state index in [0.29, 0.717) is 23.4 Å². The van der Waals surface area contributed by atoms with E-state index in [9.17, 15) is 19.7 Å². The molecule has 0 amide bonds. The van der Waals surface area contributed by atoms with E-state index >= 15 is 0 Å². The minimum Gasteiger partial charge on any atom is -0.468 e. The number of carbonyl (C=O) groups excluding carboxylic acids is 2. The number of carbonyl (C=O) groups is 2. The first-order chi connectivity index (χ1) is 19.3. The molecule has 2 aliphatic heterocycles. The molecule has 1 saturated heterocycles. The second-order valence-corrected chi connectivity index (χ2v) is 10.4. The zero-order chi connectivity index (χ0) is 28.6. The van der Waals surface area contributed by atoms with Gasteiger partial charge in [0.15, 0.2) is 0 Å². The van der Waals surface area contributed by atoms with Crippen molar-refractivity contribution in [2.45, 2.75) is 58.0 Å². The highest BCUT2D eigenvalue weighted by atomic mass is 16.6. The van der Waals surface area contributed by atoms with E-state index in [-0.39, 0.29) is 11.3 Å². The van der Waals surface area contributed by atoms with Gasteiger partial charge in [-0.15, -0.1) is 0 Å². The number of esters is 2. The second-order valence-electron chi connectivity index (χ2n) is 10.4. The summed E-state index contributed by atoms with van der Waals surface area (Å²) in [5.74, 6) is -2.93. The number of methoxy groups -OCH3 is 1. The van der Waals surface area contributed by atoms with Crippen LogP contribution in [-0.4, -0.2) is 54.2 Å². The van der Waals surface area contributed by atoms with Gasteiger partial charge >= 0.3 is 11.9 Å². The van der Waals surface area contributed by atoms with E-state index in [0.717, 1.165) is 31.6 Å². The highest BCUT2D eigenvalue weighted by molar-refractivity contribution is 6.07. The Kier molecular flexibility index (Phi) is 9.82. The van der Waals surface area contributed by atoms with Crippen LogP contribution in [0.3, 0.4) is 0 Å². The molecule has 212 valence electrons. The second kappa shape index (κ2) is 13.5. The van der Waals surface area contributed by atoms with Gasteiger partial charge in [-0.2, -0.15) is 0 Å². The van der Waals surface area contributed by atoms with Gasteiger partial charge in [0.2, 0.25) is 0 Å². The maximum Gasteiger partial charge on any atom is 0.337 e. The average Bonchev–Trinajstić information content (AvgIpc) is 2.96. The van der Waals surface area contributed by atoms with Crippen LogP contribution < -0.4 is 0 Å². The highest BCUT2D eigenvalue weighted by Crippen LogP contribution is 2.42. The number of hydrogen-bond acceptors (Lipinski definition) is 8. The lowest BCUT2D eigenvalue weighted by Crippen LogP contribution is -2.36. The van der Waals surface area contributed by atoms with Gasteiger partial charge in [0, 0.05) is 29.5 Å². The minimum absolute atomic E-state index is 0.133. The topological polar surface area (TPSA) is 111 Å². The molecule has 0 radical (unpaired) electrons. The van der Waals surface area contributed by atoms with Crippen LogP contribution in [0.5, 0.6) is 0 Å². The number of nitro groups is 1. The van der Waals surface area contributed by atoms with Crippen LogP contribution in [0.1, 0.15) is 69.1 Å². The first-order valence-electron chi connectivity index (χ1n) is 13.9. The monoisotopic (exact) mass is 547 g/mol. The molecule has 2 aliphatic rings. The molecule has 0 N–H and O–H groups in total. The van der Waals surface area contributed by atoms with Crippen LogP contribution in [0, 0.1) is 16.0 Å². The average molecular weight is 548 g/mol. The molecule has 1 fully saturated rings. The third-order valence-corrected chi connectivity index (χ3v) is 7.75. The molecule has 40 heavy (non-hydrogen) atoms. The number of ether oxygens (including phenoxy) is 2. The summed E-state index contributed by atoms with van der Waals surface area (Å²) in [7, 11) is 1.27. The smallest absolute Gasteiger partial charge is 0.337 e. The fraction of sp³-hybridized carbons (Fsp3) is 0.452. The van der Waals surface area contributed by atoms with Crippen molar-refractivity contribution < 1.29 is 24.0 Å². The van der Waals surface area contributed by atoms with Gasteiger partial charge in [-0.05, 0) is 70.3 Å². The van der Waals surface area contributed by atoms with Crippen LogP contribution in [-0.2, 0) is 19.1 Å². The number of non-ortho nitro benzene ring substituents is 1. The molecule has 3 atom stereocenters. The van der Waals surface area contributed by atoms with E-state index in [1.807, 2.05) is 30.3 Å². The zero-order valence-corrected chi connectivity index (χ0v) is 23.4. The number of nitro benzene ring substituents is 1. The zero-order valence-electron chi connectivity index (χ0n) is 23.4. The molecule has 0 aromatic heterocycles. The van der Waals surface area contributed by atoms with E-state index in [1.54, 1.807) is 26.0 Å². The largest absolute Gasteiger partial charge is 0.468 e. The van der Waals surface area contributed by atoms with Crippen molar-refractivity contribution >= 4 is 23.3 Å². The van der Waals surface area contributed by atoms with Crippen molar-refractivity contribution in [3.05, 3.63) is 87.1 Å². The Balaban J connectivity index is 1.66. The van der Waals surface area contributed by atoms with Crippen molar-refractivity contribution in [1.82, 2.24) is 4.90 Å². The summed E-state index contributed by atoms with van der Waals surface area (Å²) >= 11 is 0. The Morgan fingerprint density at radius 2 is 1.80 bits per heavy atom. The summed E-state index contributed by atoms with van der Waals surface area (Å²) in [5, 5.41) is 11.6. The molecule has 4 rings (SSSR count). The SMILES string of the molecule is COC(=O)C1C(C)=NC(C)=C(C(=O)OC(CCCN2CCCCC2)c2ccccc2)C1c1cccc([N+](=O)[O-])c1. The summed E-state index contributed by atoms with van der Waals surface area (Å²) in [5.41, 5.74) is 2.30. The maximum atomic E-state index is 14.0. The molecule has 3 unspecified atom stereocenters. The van der Waals surface area contributed by atoms with Gasteiger partial charge in [0.05, 0.1) is 17.6 Å². The summed E-state index contributed by atoms with van der Waals surface area (Å²) < 4.78 is 11.3.